The summed E-state index contributed by atoms with van der Waals surface area (Å²) in [5, 5.41) is 0. The molecule has 0 N–H and O–H groups in total. The van der Waals surface area contributed by atoms with Gasteiger partial charge in [0, 0.05) is 51.9 Å². The van der Waals surface area contributed by atoms with E-state index in [-0.39, 0.29) is 0 Å². The van der Waals surface area contributed by atoms with Gasteiger partial charge < -0.3 is 19.1 Å². The van der Waals surface area contributed by atoms with Crippen LogP contribution in [-0.2, 0) is 14.2 Å². The second-order valence-corrected chi connectivity index (χ2v) is 7.39. The van der Waals surface area contributed by atoms with E-state index in [0.29, 0.717) is 5.41 Å². The predicted molar refractivity (Wildman–Crippen MR) is 86.2 cm³/mol. The summed E-state index contributed by atoms with van der Waals surface area (Å²) in [6, 6.07) is 0. The molecule has 3 fully saturated rings. The van der Waals surface area contributed by atoms with E-state index in [1.54, 1.807) is 7.11 Å². The standard InChI is InChI=1S/C17H32N2O3/c1-20-9-6-18-7-10-22-15-17(13-18)4-2-5-19(14-17)11-16-3-8-21-12-16/h16H,2-15H2,1H3. The molecule has 0 aromatic rings. The maximum absolute atomic E-state index is 5.98. The molecule has 0 saturated carbocycles. The Balaban J connectivity index is 1.57. The van der Waals surface area contributed by atoms with Crippen molar-refractivity contribution in [1.29, 1.82) is 0 Å². The molecule has 0 radical (unpaired) electrons. The highest BCUT2D eigenvalue weighted by Crippen LogP contribution is 2.33. The Morgan fingerprint density at radius 2 is 2.05 bits per heavy atom. The zero-order valence-corrected chi connectivity index (χ0v) is 14.1. The Morgan fingerprint density at radius 3 is 2.86 bits per heavy atom. The molecule has 2 atom stereocenters. The average Bonchev–Trinajstić information content (AvgIpc) is 2.94. The van der Waals surface area contributed by atoms with E-state index in [0.717, 1.165) is 58.6 Å². The summed E-state index contributed by atoms with van der Waals surface area (Å²) >= 11 is 0. The van der Waals surface area contributed by atoms with Crippen LogP contribution in [0.1, 0.15) is 19.3 Å². The van der Waals surface area contributed by atoms with E-state index < -0.39 is 0 Å². The van der Waals surface area contributed by atoms with Gasteiger partial charge in [0.05, 0.1) is 26.4 Å². The third kappa shape index (κ3) is 4.42. The number of hydrogen-bond donors (Lipinski definition) is 0. The van der Waals surface area contributed by atoms with Crippen molar-refractivity contribution in [2.45, 2.75) is 19.3 Å². The largest absolute Gasteiger partial charge is 0.383 e. The predicted octanol–water partition coefficient (Wildman–Crippen LogP) is 1.08. The van der Waals surface area contributed by atoms with E-state index in [4.69, 9.17) is 14.2 Å². The molecular weight excluding hydrogens is 280 g/mol. The van der Waals surface area contributed by atoms with Crippen LogP contribution in [0.3, 0.4) is 0 Å². The Bertz CT molecular complexity index is 336. The summed E-state index contributed by atoms with van der Waals surface area (Å²) in [7, 11) is 1.79. The fraction of sp³-hybridized carbons (Fsp3) is 1.00. The molecular formula is C17H32N2O3. The Labute approximate surface area is 134 Å². The first kappa shape index (κ1) is 16.7. The van der Waals surface area contributed by atoms with Crippen LogP contribution in [0.2, 0.25) is 0 Å². The SMILES string of the molecule is COCCN1CCOCC2(CCCN(CC3CCOC3)C2)C1. The number of rotatable bonds is 5. The van der Waals surface area contributed by atoms with Crippen molar-refractivity contribution in [1.82, 2.24) is 9.80 Å². The lowest BCUT2D eigenvalue weighted by atomic mass is 9.79. The first-order valence-corrected chi connectivity index (χ1v) is 8.89. The van der Waals surface area contributed by atoms with Gasteiger partial charge in [0.15, 0.2) is 0 Å². The van der Waals surface area contributed by atoms with Crippen molar-refractivity contribution in [3.63, 3.8) is 0 Å². The first-order valence-electron chi connectivity index (χ1n) is 8.89. The molecule has 22 heavy (non-hydrogen) atoms. The van der Waals surface area contributed by atoms with Gasteiger partial charge in [0.25, 0.3) is 0 Å². The zero-order chi connectivity index (χ0) is 15.3. The average molecular weight is 312 g/mol. The quantitative estimate of drug-likeness (QED) is 0.759. The van der Waals surface area contributed by atoms with E-state index in [1.807, 2.05) is 0 Å². The van der Waals surface area contributed by atoms with E-state index >= 15 is 0 Å². The normalized spacial score (nSPS) is 35.0. The molecule has 3 rings (SSSR count). The third-order valence-corrected chi connectivity index (χ3v) is 5.41. The number of nitrogens with zero attached hydrogens (tertiary/aromatic N) is 2. The molecule has 5 nitrogen and oxygen atoms in total. The Hall–Kier alpha value is -0.200. The van der Waals surface area contributed by atoms with E-state index in [9.17, 15) is 0 Å². The fourth-order valence-electron chi connectivity index (χ4n) is 4.30. The van der Waals surface area contributed by atoms with Crippen LogP contribution >= 0.6 is 0 Å². The van der Waals surface area contributed by atoms with Crippen LogP contribution in [0, 0.1) is 11.3 Å². The topological polar surface area (TPSA) is 34.2 Å². The molecule has 2 unspecified atom stereocenters. The van der Waals surface area contributed by atoms with Gasteiger partial charge in [0.1, 0.15) is 0 Å². The van der Waals surface area contributed by atoms with Crippen LogP contribution in [0.15, 0.2) is 0 Å². The number of likely N-dealkylation sites (tertiary alicyclic amines) is 1. The van der Waals surface area contributed by atoms with Gasteiger partial charge >= 0.3 is 0 Å². The minimum atomic E-state index is 0.321. The summed E-state index contributed by atoms with van der Waals surface area (Å²) in [4.78, 5) is 5.21. The lowest BCUT2D eigenvalue weighted by Gasteiger charge is -2.44. The Kier molecular flexibility index (Phi) is 6.10. The van der Waals surface area contributed by atoms with Crippen molar-refractivity contribution >= 4 is 0 Å². The summed E-state index contributed by atoms with van der Waals surface area (Å²) in [6.45, 7) is 11.4. The Morgan fingerprint density at radius 1 is 1.14 bits per heavy atom. The zero-order valence-electron chi connectivity index (χ0n) is 14.1. The monoisotopic (exact) mass is 312 g/mol. The van der Waals surface area contributed by atoms with Gasteiger partial charge in [-0.1, -0.05) is 0 Å². The first-order chi connectivity index (χ1) is 10.8. The van der Waals surface area contributed by atoms with Crippen molar-refractivity contribution in [2.24, 2.45) is 11.3 Å². The van der Waals surface area contributed by atoms with Gasteiger partial charge in [-0.3, -0.25) is 4.90 Å². The lowest BCUT2D eigenvalue weighted by Crippen LogP contribution is -2.51. The molecule has 0 aliphatic carbocycles. The summed E-state index contributed by atoms with van der Waals surface area (Å²) in [5.74, 6) is 0.742. The van der Waals surface area contributed by atoms with Gasteiger partial charge in [0.2, 0.25) is 0 Å². The summed E-state index contributed by atoms with van der Waals surface area (Å²) in [5.41, 5.74) is 0.321. The minimum absolute atomic E-state index is 0.321. The van der Waals surface area contributed by atoms with Gasteiger partial charge in [-0.2, -0.15) is 0 Å². The van der Waals surface area contributed by atoms with Gasteiger partial charge in [-0.05, 0) is 31.7 Å². The van der Waals surface area contributed by atoms with Crippen LogP contribution in [0.4, 0.5) is 0 Å². The van der Waals surface area contributed by atoms with Crippen molar-refractivity contribution < 1.29 is 14.2 Å². The number of ether oxygens (including phenoxy) is 3. The molecule has 1 spiro atoms. The molecule has 0 aromatic heterocycles. The van der Waals surface area contributed by atoms with Crippen LogP contribution in [0.25, 0.3) is 0 Å². The van der Waals surface area contributed by atoms with E-state index in [1.165, 1.54) is 38.9 Å². The smallest absolute Gasteiger partial charge is 0.0593 e. The van der Waals surface area contributed by atoms with E-state index in [2.05, 4.69) is 9.80 Å². The van der Waals surface area contributed by atoms with Crippen LogP contribution < -0.4 is 0 Å². The summed E-state index contributed by atoms with van der Waals surface area (Å²) < 4.78 is 16.8. The molecule has 5 heteroatoms. The molecule has 0 aromatic carbocycles. The molecule has 3 heterocycles. The number of piperidine rings is 1. The molecule has 3 aliphatic heterocycles. The molecule has 128 valence electrons. The summed E-state index contributed by atoms with van der Waals surface area (Å²) in [6.07, 6.45) is 3.84. The van der Waals surface area contributed by atoms with Gasteiger partial charge in [-0.15, -0.1) is 0 Å². The lowest BCUT2D eigenvalue weighted by molar-refractivity contribution is -0.000745. The highest BCUT2D eigenvalue weighted by Gasteiger charge is 2.39. The molecule has 3 aliphatic rings. The van der Waals surface area contributed by atoms with Crippen molar-refractivity contribution in [2.75, 3.05) is 79.4 Å². The van der Waals surface area contributed by atoms with Crippen LogP contribution in [-0.4, -0.2) is 89.2 Å². The van der Waals surface area contributed by atoms with Gasteiger partial charge in [-0.25, -0.2) is 0 Å². The minimum Gasteiger partial charge on any atom is -0.383 e. The number of hydrogen-bond acceptors (Lipinski definition) is 5. The number of methoxy groups -OCH3 is 1. The van der Waals surface area contributed by atoms with Crippen molar-refractivity contribution in [3.05, 3.63) is 0 Å². The maximum Gasteiger partial charge on any atom is 0.0593 e. The fourth-order valence-corrected chi connectivity index (χ4v) is 4.30. The third-order valence-electron chi connectivity index (χ3n) is 5.41. The molecule has 3 saturated heterocycles. The highest BCUT2D eigenvalue weighted by molar-refractivity contribution is 4.92. The van der Waals surface area contributed by atoms with Crippen molar-refractivity contribution in [3.8, 4) is 0 Å². The second kappa shape index (κ2) is 8.06. The maximum atomic E-state index is 5.98. The second-order valence-electron chi connectivity index (χ2n) is 7.39. The highest BCUT2D eigenvalue weighted by atomic mass is 16.5. The molecule has 0 bridgehead atoms. The van der Waals surface area contributed by atoms with Crippen LogP contribution in [0.5, 0.6) is 0 Å². The molecule has 0 amide bonds.